The zero-order chi connectivity index (χ0) is 75.4. The molecule has 38 heteroatoms. The number of carbonyl (C=O) groups is 18. The van der Waals surface area contributed by atoms with E-state index in [4.69, 9.17) is 16.6 Å². The Morgan fingerprint density at radius 1 is 0.434 bits per heavy atom. The van der Waals surface area contributed by atoms with Gasteiger partial charge in [-0.1, -0.05) is 64.4 Å². The first-order valence-corrected chi connectivity index (χ1v) is 31.7. The van der Waals surface area contributed by atoms with Gasteiger partial charge in [0.2, 0.25) is 76.8 Å². The summed E-state index contributed by atoms with van der Waals surface area (Å²) in [7, 11) is 0. The molecule has 0 fully saturated rings. The number of aliphatic hydroxyl groups is 1. The van der Waals surface area contributed by atoms with Crippen LogP contribution in [0.4, 0.5) is 0 Å². The molecule has 1 aromatic carbocycles. The molecule has 22 N–H and O–H groups in total. The standard InChI is InChI=1S/C61H94N14O24/c1-8-30(4)49(74-60(97)50(32(6)76)75-51(88)31(5)65-52(89)35(16-12-13-25-62)68-57(94)41(27-47(86)87)66-33(7)77)58(95)64-28-43(79)67-40(26-34-14-10-9-11-15-34)56(93)70-38(19-23-45(82)83)55(92)73-48(29(2)3)59(96)71-36(17-21-42(63)78)53(90)69-37(18-22-44(80)81)54(91)72-39(61(98)99)20-24-46(84)85/h9-11,14-15,29-32,35-41,48-50,76H,8,12-13,16-28,62H2,1-7H3,(H2,63,78)(H,64,95)(H,65,89)(H,66,77)(H,67,79)(H,68,94)(H,69,90)(H,70,93)(H,71,96)(H,72,91)(H,73,92)(H,74,97)(H,75,88)(H,80,81)(H,82,83)(H,84,85)(H,86,87)(H,98,99). The fraction of sp³-hybridized carbons (Fsp3) is 0.607. The zero-order valence-corrected chi connectivity index (χ0v) is 56.0. The highest BCUT2D eigenvalue weighted by Crippen LogP contribution is 2.14. The number of nitrogens with one attached hydrogen (secondary N) is 12. The van der Waals surface area contributed by atoms with Crippen LogP contribution in [0.2, 0.25) is 0 Å². The highest BCUT2D eigenvalue weighted by atomic mass is 16.4. The molecule has 0 aromatic heterocycles. The van der Waals surface area contributed by atoms with Gasteiger partial charge in [0.25, 0.3) is 0 Å². The third-order valence-corrected chi connectivity index (χ3v) is 15.0. The van der Waals surface area contributed by atoms with E-state index in [-0.39, 0.29) is 32.2 Å². The lowest BCUT2D eigenvalue weighted by atomic mass is 9.97. The Balaban J connectivity index is 3.48. The van der Waals surface area contributed by atoms with Crippen LogP contribution in [0.25, 0.3) is 0 Å². The molecule has 1 rings (SSSR count). The molecular formula is C61H94N14O24. The number of amides is 13. The second-order valence-corrected chi connectivity index (χ2v) is 23.7. The van der Waals surface area contributed by atoms with E-state index in [9.17, 15) is 112 Å². The second kappa shape index (κ2) is 44.4. The van der Waals surface area contributed by atoms with Crippen LogP contribution >= 0.6 is 0 Å². The summed E-state index contributed by atoms with van der Waals surface area (Å²) in [6.45, 7) is 8.74. The van der Waals surface area contributed by atoms with Crippen molar-refractivity contribution in [3.8, 4) is 0 Å². The van der Waals surface area contributed by atoms with Crippen molar-refractivity contribution >= 4 is 107 Å². The lowest BCUT2D eigenvalue weighted by Crippen LogP contribution is -2.61. The Morgan fingerprint density at radius 3 is 1.31 bits per heavy atom. The summed E-state index contributed by atoms with van der Waals surface area (Å²) in [5.41, 5.74) is 11.4. The fourth-order valence-corrected chi connectivity index (χ4v) is 9.27. The highest BCUT2D eigenvalue weighted by molar-refractivity contribution is 6.00. The van der Waals surface area contributed by atoms with E-state index in [0.29, 0.717) is 12.0 Å². The average molecular weight is 1410 g/mol. The van der Waals surface area contributed by atoms with Crippen molar-refractivity contribution in [2.75, 3.05) is 13.1 Å². The zero-order valence-electron chi connectivity index (χ0n) is 56.0. The predicted molar refractivity (Wildman–Crippen MR) is 344 cm³/mol. The van der Waals surface area contributed by atoms with Crippen LogP contribution in [0.15, 0.2) is 30.3 Å². The minimum atomic E-state index is -1.83. The molecule has 0 saturated carbocycles. The molecule has 13 atom stereocenters. The Labute approximate surface area is 568 Å². The van der Waals surface area contributed by atoms with Gasteiger partial charge in [-0.15, -0.1) is 0 Å². The summed E-state index contributed by atoms with van der Waals surface area (Å²) in [5, 5.41) is 85.6. The maximum Gasteiger partial charge on any atom is 0.326 e. The monoisotopic (exact) mass is 1410 g/mol. The molecule has 1 aromatic rings. The molecule has 552 valence electrons. The molecule has 99 heavy (non-hydrogen) atoms. The number of aliphatic carboxylic acids is 5. The molecule has 13 unspecified atom stereocenters. The van der Waals surface area contributed by atoms with Crippen LogP contribution in [-0.4, -0.2) is 223 Å². The van der Waals surface area contributed by atoms with Crippen LogP contribution in [0.3, 0.4) is 0 Å². The van der Waals surface area contributed by atoms with Crippen molar-refractivity contribution < 1.29 is 117 Å². The van der Waals surface area contributed by atoms with Crippen molar-refractivity contribution in [2.45, 2.75) is 211 Å². The van der Waals surface area contributed by atoms with Crippen LogP contribution < -0.4 is 75.3 Å². The number of hydrogen-bond donors (Lipinski definition) is 20. The van der Waals surface area contributed by atoms with Crippen molar-refractivity contribution in [1.82, 2.24) is 63.8 Å². The highest BCUT2D eigenvalue weighted by Gasteiger charge is 2.38. The smallest absolute Gasteiger partial charge is 0.326 e. The summed E-state index contributed by atoms with van der Waals surface area (Å²) < 4.78 is 0. The molecule has 0 saturated heterocycles. The van der Waals surface area contributed by atoms with Gasteiger partial charge in [-0.2, -0.15) is 0 Å². The Hall–Kier alpha value is -10.4. The third-order valence-electron chi connectivity index (χ3n) is 15.0. The summed E-state index contributed by atoms with van der Waals surface area (Å²) in [6.07, 6.45) is -7.28. The molecule has 0 aliphatic rings. The van der Waals surface area contributed by atoms with Crippen LogP contribution in [0.1, 0.15) is 138 Å². The number of carboxylic acids is 5. The summed E-state index contributed by atoms with van der Waals surface area (Å²) in [5.74, 6) is -22.8. The van der Waals surface area contributed by atoms with Gasteiger partial charge in [-0.05, 0) is 82.7 Å². The number of primary amides is 1. The molecule has 0 aliphatic heterocycles. The number of rotatable bonds is 48. The van der Waals surface area contributed by atoms with E-state index >= 15 is 0 Å². The number of unbranched alkanes of at least 4 members (excludes halogenated alkanes) is 1. The summed E-state index contributed by atoms with van der Waals surface area (Å²) in [4.78, 5) is 233. The number of carboxylic acid groups (broad SMARTS) is 5. The normalized spacial score (nSPS) is 14.9. The number of hydrogen-bond acceptors (Lipinski definition) is 20. The van der Waals surface area contributed by atoms with Crippen molar-refractivity contribution in [2.24, 2.45) is 23.3 Å². The topological polar surface area (TPSA) is 625 Å². The second-order valence-electron chi connectivity index (χ2n) is 23.7. The molecular weight excluding hydrogens is 1310 g/mol. The van der Waals surface area contributed by atoms with E-state index in [0.717, 1.165) is 13.8 Å². The van der Waals surface area contributed by atoms with E-state index in [1.54, 1.807) is 44.2 Å². The van der Waals surface area contributed by atoms with Gasteiger partial charge in [0.1, 0.15) is 66.5 Å². The lowest BCUT2D eigenvalue weighted by molar-refractivity contribution is -0.144. The molecule has 0 aliphatic carbocycles. The molecule has 38 nitrogen and oxygen atoms in total. The Morgan fingerprint density at radius 2 is 0.859 bits per heavy atom. The summed E-state index contributed by atoms with van der Waals surface area (Å²) in [6, 6.07) is -10.2. The molecule has 13 amide bonds. The van der Waals surface area contributed by atoms with Crippen LogP contribution in [0.5, 0.6) is 0 Å². The van der Waals surface area contributed by atoms with Gasteiger partial charge >= 0.3 is 29.8 Å². The van der Waals surface area contributed by atoms with Crippen LogP contribution in [0, 0.1) is 11.8 Å². The quantitative estimate of drug-likeness (QED) is 0.0271. The van der Waals surface area contributed by atoms with Gasteiger partial charge in [-0.3, -0.25) is 81.5 Å². The maximum absolute atomic E-state index is 14.3. The van der Waals surface area contributed by atoms with Gasteiger partial charge in [0.05, 0.1) is 19.1 Å². The first-order valence-electron chi connectivity index (χ1n) is 31.7. The molecule has 0 heterocycles. The summed E-state index contributed by atoms with van der Waals surface area (Å²) >= 11 is 0. The van der Waals surface area contributed by atoms with Crippen LogP contribution in [-0.2, 0) is 92.7 Å². The van der Waals surface area contributed by atoms with Crippen molar-refractivity contribution in [3.63, 3.8) is 0 Å². The third kappa shape index (κ3) is 33.9. The minimum Gasteiger partial charge on any atom is -0.481 e. The predicted octanol–water partition coefficient (Wildman–Crippen LogP) is -5.65. The van der Waals surface area contributed by atoms with E-state index < -0.39 is 255 Å². The molecule has 0 radical (unpaired) electrons. The van der Waals surface area contributed by atoms with Gasteiger partial charge in [-0.25, -0.2) is 4.79 Å². The number of benzene rings is 1. The number of nitrogens with two attached hydrogens (primary N) is 2. The van der Waals surface area contributed by atoms with Crippen molar-refractivity contribution in [1.29, 1.82) is 0 Å². The fourth-order valence-electron chi connectivity index (χ4n) is 9.27. The van der Waals surface area contributed by atoms with Gasteiger partial charge in [0, 0.05) is 39.0 Å². The molecule has 0 spiro atoms. The van der Waals surface area contributed by atoms with E-state index in [2.05, 4.69) is 58.5 Å². The maximum atomic E-state index is 14.3. The Kier molecular flexibility index (Phi) is 38.9. The molecule has 0 bridgehead atoms. The SMILES string of the molecule is CCC(C)C(NC(=O)C(NC(=O)C(C)NC(=O)C(CCCCN)NC(=O)C(CC(=O)O)NC(C)=O)C(C)O)C(=O)NCC(=O)NC(Cc1ccccc1)C(=O)NC(CCC(=O)O)C(=O)NC(C(=O)NC(CCC(N)=O)C(=O)NC(CCC(=O)O)C(=O)NC(CCC(=O)O)C(=O)O)C(C)C. The van der Waals surface area contributed by atoms with Gasteiger partial charge < -0.3 is 106 Å². The number of carbonyl (C=O) groups excluding carboxylic acids is 13. The first kappa shape index (κ1) is 86.6. The lowest BCUT2D eigenvalue weighted by Gasteiger charge is -2.29. The van der Waals surface area contributed by atoms with E-state index in [1.807, 2.05) is 5.32 Å². The number of aliphatic hydroxyl groups excluding tert-OH is 1. The first-order chi connectivity index (χ1) is 46.3. The van der Waals surface area contributed by atoms with E-state index in [1.165, 1.54) is 20.8 Å². The minimum absolute atomic E-state index is 0.0451. The average Bonchev–Trinajstić information content (AvgIpc) is 0.862. The van der Waals surface area contributed by atoms with Gasteiger partial charge in [0.15, 0.2) is 0 Å². The van der Waals surface area contributed by atoms with Crippen molar-refractivity contribution in [3.05, 3.63) is 35.9 Å². The Bertz CT molecular complexity index is 3010. The largest absolute Gasteiger partial charge is 0.481 e.